The van der Waals surface area contributed by atoms with Gasteiger partial charge in [-0.15, -0.1) is 0 Å². The first-order valence-electron chi connectivity index (χ1n) is 8.25. The lowest BCUT2D eigenvalue weighted by molar-refractivity contribution is -0.165. The molecule has 0 spiro atoms. The second kappa shape index (κ2) is 7.66. The van der Waals surface area contributed by atoms with Crippen molar-refractivity contribution in [3.63, 3.8) is 0 Å². The molecule has 132 valence electrons. The average Bonchev–Trinajstić information content (AvgIpc) is 2.54. The molecule has 6 heteroatoms. The van der Waals surface area contributed by atoms with Crippen LogP contribution in [-0.2, 0) is 16.0 Å². The molecule has 0 aliphatic carbocycles. The number of carbonyl (C=O) groups is 2. The van der Waals surface area contributed by atoms with Crippen LogP contribution in [0.1, 0.15) is 32.3 Å². The maximum atomic E-state index is 12.3. The number of rotatable bonds is 6. The fraction of sp³-hybridized carbons (Fsp3) is 0.556. The van der Waals surface area contributed by atoms with Gasteiger partial charge in [-0.25, -0.2) is 4.79 Å². The van der Waals surface area contributed by atoms with Crippen LogP contribution in [0, 0.1) is 5.92 Å². The Hall–Kier alpha value is -2.08. The Labute approximate surface area is 142 Å². The number of piperidine rings is 1. The smallest absolute Gasteiger partial charge is 0.335 e. The Morgan fingerprint density at radius 3 is 2.29 bits per heavy atom. The van der Waals surface area contributed by atoms with Crippen LogP contribution in [0.2, 0.25) is 0 Å². The zero-order valence-corrected chi connectivity index (χ0v) is 14.2. The van der Waals surface area contributed by atoms with E-state index in [2.05, 4.69) is 13.8 Å². The van der Waals surface area contributed by atoms with Gasteiger partial charge < -0.3 is 19.8 Å². The molecular weight excluding hydrogens is 310 g/mol. The summed E-state index contributed by atoms with van der Waals surface area (Å²) in [5.41, 5.74) is -0.817. The lowest BCUT2D eigenvalue weighted by Crippen LogP contribution is -2.51. The predicted molar refractivity (Wildman–Crippen MR) is 88.9 cm³/mol. The first-order chi connectivity index (χ1) is 11.3. The number of amides is 1. The number of carbonyl (C=O) groups excluding carboxylic acids is 1. The van der Waals surface area contributed by atoms with E-state index in [0.717, 1.165) is 11.3 Å². The number of aliphatic hydroxyl groups is 1. The van der Waals surface area contributed by atoms with Crippen LogP contribution in [0.25, 0.3) is 0 Å². The normalized spacial score (nSPS) is 16.9. The van der Waals surface area contributed by atoms with E-state index in [0.29, 0.717) is 12.5 Å². The van der Waals surface area contributed by atoms with Gasteiger partial charge in [0.2, 0.25) is 5.91 Å². The van der Waals surface area contributed by atoms with Crippen LogP contribution >= 0.6 is 0 Å². The van der Waals surface area contributed by atoms with Crippen LogP contribution < -0.4 is 4.74 Å². The van der Waals surface area contributed by atoms with E-state index in [-0.39, 0.29) is 38.3 Å². The van der Waals surface area contributed by atoms with E-state index >= 15 is 0 Å². The first kappa shape index (κ1) is 18.3. The van der Waals surface area contributed by atoms with Gasteiger partial charge in [-0.2, -0.15) is 0 Å². The zero-order chi connectivity index (χ0) is 17.7. The average molecular weight is 335 g/mol. The highest BCUT2D eigenvalue weighted by molar-refractivity contribution is 5.80. The van der Waals surface area contributed by atoms with Gasteiger partial charge in [-0.1, -0.05) is 26.0 Å². The molecule has 24 heavy (non-hydrogen) atoms. The molecule has 0 atom stereocenters. The second-order valence-corrected chi connectivity index (χ2v) is 6.74. The van der Waals surface area contributed by atoms with Gasteiger partial charge in [0.25, 0.3) is 0 Å². The van der Waals surface area contributed by atoms with Crippen molar-refractivity contribution < 1.29 is 24.5 Å². The van der Waals surface area contributed by atoms with Crippen molar-refractivity contribution in [1.82, 2.24) is 4.90 Å². The number of likely N-dealkylation sites (tertiary alicyclic amines) is 1. The molecule has 2 rings (SSSR count). The molecule has 1 fully saturated rings. The maximum Gasteiger partial charge on any atom is 0.335 e. The lowest BCUT2D eigenvalue weighted by Gasteiger charge is -2.35. The third-order valence-corrected chi connectivity index (χ3v) is 4.20. The fourth-order valence-corrected chi connectivity index (χ4v) is 2.59. The summed E-state index contributed by atoms with van der Waals surface area (Å²) >= 11 is 0. The summed E-state index contributed by atoms with van der Waals surface area (Å²) in [5, 5.41) is 18.9. The summed E-state index contributed by atoms with van der Waals surface area (Å²) in [6.45, 7) is 5.33. The van der Waals surface area contributed by atoms with E-state index < -0.39 is 11.6 Å². The van der Waals surface area contributed by atoms with E-state index in [1.807, 2.05) is 24.3 Å². The van der Waals surface area contributed by atoms with Crippen LogP contribution in [0.15, 0.2) is 24.3 Å². The minimum atomic E-state index is -1.70. The van der Waals surface area contributed by atoms with Gasteiger partial charge in [-0.05, 0) is 23.6 Å². The number of ether oxygens (including phenoxy) is 1. The van der Waals surface area contributed by atoms with E-state index in [1.165, 1.54) is 0 Å². The minimum absolute atomic E-state index is 0.0571. The highest BCUT2D eigenvalue weighted by atomic mass is 16.5. The molecule has 1 aromatic carbocycles. The SMILES string of the molecule is CC(C)COc1ccc(CC(=O)N2CCC(O)(C(=O)O)CC2)cc1. The molecule has 1 aliphatic rings. The Balaban J connectivity index is 1.85. The molecule has 1 aromatic rings. The summed E-state index contributed by atoms with van der Waals surface area (Å²) in [6.07, 6.45) is 0.391. The Bertz CT molecular complexity index is 574. The number of nitrogens with zero attached hydrogens (tertiary/aromatic N) is 1. The zero-order valence-electron chi connectivity index (χ0n) is 14.2. The molecule has 0 bridgehead atoms. The van der Waals surface area contributed by atoms with Crippen molar-refractivity contribution >= 4 is 11.9 Å². The monoisotopic (exact) mass is 335 g/mol. The van der Waals surface area contributed by atoms with Gasteiger partial charge in [0.1, 0.15) is 5.75 Å². The van der Waals surface area contributed by atoms with Gasteiger partial charge in [0.05, 0.1) is 13.0 Å². The number of hydrogen-bond acceptors (Lipinski definition) is 4. The summed E-state index contributed by atoms with van der Waals surface area (Å²) in [7, 11) is 0. The van der Waals surface area contributed by atoms with E-state index in [9.17, 15) is 14.7 Å². The molecule has 0 radical (unpaired) electrons. The standard InChI is InChI=1S/C18H25NO5/c1-13(2)12-24-15-5-3-14(4-6-15)11-16(20)19-9-7-18(23,8-10-19)17(21)22/h3-6,13,23H,7-12H2,1-2H3,(H,21,22). The highest BCUT2D eigenvalue weighted by Gasteiger charge is 2.40. The Kier molecular flexibility index (Phi) is 5.83. The number of benzene rings is 1. The molecule has 0 unspecified atom stereocenters. The van der Waals surface area contributed by atoms with Crippen LogP contribution in [0.3, 0.4) is 0 Å². The largest absolute Gasteiger partial charge is 0.493 e. The summed E-state index contributed by atoms with van der Waals surface area (Å²) < 4.78 is 5.61. The molecule has 1 amide bonds. The molecule has 1 saturated heterocycles. The second-order valence-electron chi connectivity index (χ2n) is 6.74. The minimum Gasteiger partial charge on any atom is -0.493 e. The molecule has 1 heterocycles. The van der Waals surface area contributed by atoms with Crippen molar-refractivity contribution in [1.29, 1.82) is 0 Å². The van der Waals surface area contributed by atoms with Gasteiger partial charge in [-0.3, -0.25) is 4.79 Å². The molecule has 0 aromatic heterocycles. The molecule has 6 nitrogen and oxygen atoms in total. The predicted octanol–water partition coefficient (Wildman–Crippen LogP) is 1.70. The van der Waals surface area contributed by atoms with Crippen molar-refractivity contribution in [2.24, 2.45) is 5.92 Å². The molecule has 2 N–H and O–H groups in total. The van der Waals surface area contributed by atoms with Crippen molar-refractivity contribution in [3.8, 4) is 5.75 Å². The van der Waals surface area contributed by atoms with Crippen molar-refractivity contribution in [3.05, 3.63) is 29.8 Å². The Morgan fingerprint density at radius 1 is 1.21 bits per heavy atom. The molecule has 1 aliphatic heterocycles. The lowest BCUT2D eigenvalue weighted by atomic mass is 9.91. The topological polar surface area (TPSA) is 87.1 Å². The summed E-state index contributed by atoms with van der Waals surface area (Å²) in [5.74, 6) is -0.0379. The number of aliphatic carboxylic acids is 1. The quantitative estimate of drug-likeness (QED) is 0.826. The van der Waals surface area contributed by atoms with Gasteiger partial charge in [0.15, 0.2) is 5.60 Å². The van der Waals surface area contributed by atoms with Crippen LogP contribution in [-0.4, -0.2) is 52.3 Å². The molecular formula is C18H25NO5. The number of hydrogen-bond donors (Lipinski definition) is 2. The van der Waals surface area contributed by atoms with Gasteiger partial charge in [0, 0.05) is 25.9 Å². The maximum absolute atomic E-state index is 12.3. The van der Waals surface area contributed by atoms with Gasteiger partial charge >= 0.3 is 5.97 Å². The first-order valence-corrected chi connectivity index (χ1v) is 8.25. The van der Waals surface area contributed by atoms with Crippen LogP contribution in [0.4, 0.5) is 0 Å². The third-order valence-electron chi connectivity index (χ3n) is 4.20. The number of carboxylic acids is 1. The highest BCUT2D eigenvalue weighted by Crippen LogP contribution is 2.23. The third kappa shape index (κ3) is 4.71. The van der Waals surface area contributed by atoms with E-state index in [1.54, 1.807) is 4.90 Å². The Morgan fingerprint density at radius 2 is 1.79 bits per heavy atom. The number of carboxylic acid groups (broad SMARTS) is 1. The van der Waals surface area contributed by atoms with E-state index in [4.69, 9.17) is 9.84 Å². The van der Waals surface area contributed by atoms with Crippen molar-refractivity contribution in [2.45, 2.75) is 38.7 Å². The molecule has 0 saturated carbocycles. The van der Waals surface area contributed by atoms with Crippen molar-refractivity contribution in [2.75, 3.05) is 19.7 Å². The van der Waals surface area contributed by atoms with Crippen LogP contribution in [0.5, 0.6) is 5.75 Å². The summed E-state index contributed by atoms with van der Waals surface area (Å²) in [6, 6.07) is 7.44. The summed E-state index contributed by atoms with van der Waals surface area (Å²) in [4.78, 5) is 24.9. The fourth-order valence-electron chi connectivity index (χ4n) is 2.59.